The summed E-state index contributed by atoms with van der Waals surface area (Å²) in [6.45, 7) is 14.2. The molecule has 0 spiro atoms. The van der Waals surface area contributed by atoms with Crippen molar-refractivity contribution in [3.63, 3.8) is 0 Å². The molecular weight excluding hydrogens is 244 g/mol. The minimum atomic E-state index is -0.877. The fraction of sp³-hybridized carbons (Fsp3) is 0.600. The van der Waals surface area contributed by atoms with E-state index in [1.165, 1.54) is 0 Å². The first-order valence-electron chi connectivity index (χ1n) is 6.54. The van der Waals surface area contributed by atoms with Crippen LogP contribution in [0.4, 0.5) is 0 Å². The van der Waals surface area contributed by atoms with Crippen molar-refractivity contribution >= 4 is 11.9 Å². The van der Waals surface area contributed by atoms with Gasteiger partial charge in [0.05, 0.1) is 0 Å². The van der Waals surface area contributed by atoms with Crippen LogP contribution in [0.25, 0.3) is 0 Å². The molecule has 4 nitrogen and oxygen atoms in total. The van der Waals surface area contributed by atoms with Gasteiger partial charge in [-0.05, 0) is 19.8 Å². The topological polar surface area (TPSA) is 52.6 Å². The quantitative estimate of drug-likeness (QED) is 0.385. The number of hydrogen-bond donors (Lipinski definition) is 0. The van der Waals surface area contributed by atoms with Crippen LogP contribution in [0.2, 0.25) is 0 Å². The van der Waals surface area contributed by atoms with Crippen LogP contribution in [0.5, 0.6) is 0 Å². The Morgan fingerprint density at radius 1 is 0.947 bits per heavy atom. The van der Waals surface area contributed by atoms with E-state index in [1.807, 2.05) is 13.8 Å². The average molecular weight is 268 g/mol. The van der Waals surface area contributed by atoms with Gasteiger partial charge in [-0.25, -0.2) is 9.59 Å². The number of rotatable bonds is 8. The zero-order chi connectivity index (χ0) is 15.0. The lowest BCUT2D eigenvalue weighted by atomic mass is 9.99. The third-order valence-electron chi connectivity index (χ3n) is 2.85. The van der Waals surface area contributed by atoms with E-state index in [9.17, 15) is 9.59 Å². The highest BCUT2D eigenvalue weighted by Crippen LogP contribution is 2.19. The molecule has 0 fully saturated rings. The lowest BCUT2D eigenvalue weighted by Gasteiger charge is -2.22. The van der Waals surface area contributed by atoms with Gasteiger partial charge in [-0.3, -0.25) is 0 Å². The Kier molecular flexibility index (Phi) is 7.80. The summed E-state index contributed by atoms with van der Waals surface area (Å²) < 4.78 is 10.3. The molecule has 0 bridgehead atoms. The molecule has 0 radical (unpaired) electrons. The fourth-order valence-electron chi connectivity index (χ4n) is 1.45. The number of esters is 2. The zero-order valence-electron chi connectivity index (χ0n) is 12.3. The van der Waals surface area contributed by atoms with Gasteiger partial charge in [0.1, 0.15) is 0 Å². The van der Waals surface area contributed by atoms with Crippen LogP contribution in [0.15, 0.2) is 24.3 Å². The Morgan fingerprint density at radius 2 is 1.32 bits per heavy atom. The molecule has 0 aromatic carbocycles. The van der Waals surface area contributed by atoms with Gasteiger partial charge in [0, 0.05) is 17.6 Å². The monoisotopic (exact) mass is 268 g/mol. The molecule has 0 amide bonds. The molecule has 0 saturated carbocycles. The van der Waals surface area contributed by atoms with Crippen LogP contribution >= 0.6 is 0 Å². The van der Waals surface area contributed by atoms with E-state index in [0.717, 1.165) is 12.8 Å². The Hall–Kier alpha value is -1.58. The minimum Gasteiger partial charge on any atom is -0.422 e. The van der Waals surface area contributed by atoms with E-state index >= 15 is 0 Å². The third-order valence-corrected chi connectivity index (χ3v) is 2.85. The summed E-state index contributed by atoms with van der Waals surface area (Å²) in [4.78, 5) is 23.1. The summed E-state index contributed by atoms with van der Waals surface area (Å²) in [5, 5.41) is 0. The Labute approximate surface area is 115 Å². The summed E-state index contributed by atoms with van der Waals surface area (Å²) in [5.74, 6) is -0.767. The van der Waals surface area contributed by atoms with E-state index in [4.69, 9.17) is 9.47 Å². The van der Waals surface area contributed by atoms with Crippen LogP contribution in [-0.2, 0) is 19.1 Å². The van der Waals surface area contributed by atoms with E-state index in [2.05, 4.69) is 13.2 Å². The summed E-state index contributed by atoms with van der Waals surface area (Å²) >= 11 is 0. The summed E-state index contributed by atoms with van der Waals surface area (Å²) in [6.07, 6.45) is 1.48. The largest absolute Gasteiger partial charge is 0.422 e. The fourth-order valence-corrected chi connectivity index (χ4v) is 1.45. The van der Waals surface area contributed by atoms with Crippen LogP contribution in [0, 0.1) is 5.92 Å². The van der Waals surface area contributed by atoms with Crippen LogP contribution in [0.1, 0.15) is 47.0 Å². The SMILES string of the molecule is C=C(C)C(=O)OC(CC(CC)CC)OC(=O)C(=C)C. The molecule has 19 heavy (non-hydrogen) atoms. The lowest BCUT2D eigenvalue weighted by molar-refractivity contribution is -0.185. The first-order valence-corrected chi connectivity index (χ1v) is 6.54. The molecule has 0 N–H and O–H groups in total. The van der Waals surface area contributed by atoms with Gasteiger partial charge in [0.2, 0.25) is 6.29 Å². The Balaban J connectivity index is 4.72. The lowest BCUT2D eigenvalue weighted by Crippen LogP contribution is -2.27. The second-order valence-electron chi connectivity index (χ2n) is 4.72. The molecule has 0 saturated heterocycles. The predicted molar refractivity (Wildman–Crippen MR) is 74.3 cm³/mol. The molecule has 0 aliphatic carbocycles. The first-order chi connectivity index (χ1) is 8.81. The molecule has 108 valence electrons. The van der Waals surface area contributed by atoms with Crippen molar-refractivity contribution in [1.82, 2.24) is 0 Å². The van der Waals surface area contributed by atoms with E-state index in [-0.39, 0.29) is 11.1 Å². The van der Waals surface area contributed by atoms with Gasteiger partial charge in [0.25, 0.3) is 0 Å². The molecule has 0 aromatic rings. The molecule has 0 aliphatic rings. The Bertz CT molecular complexity index is 325. The van der Waals surface area contributed by atoms with Gasteiger partial charge < -0.3 is 9.47 Å². The van der Waals surface area contributed by atoms with Crippen molar-refractivity contribution in [3.8, 4) is 0 Å². The predicted octanol–water partition coefficient (Wildman–Crippen LogP) is 3.38. The van der Waals surface area contributed by atoms with Crippen molar-refractivity contribution in [2.75, 3.05) is 0 Å². The van der Waals surface area contributed by atoms with E-state index in [1.54, 1.807) is 13.8 Å². The van der Waals surface area contributed by atoms with Gasteiger partial charge >= 0.3 is 11.9 Å². The maximum atomic E-state index is 11.5. The Morgan fingerprint density at radius 3 is 1.58 bits per heavy atom. The van der Waals surface area contributed by atoms with Gasteiger partial charge in [-0.15, -0.1) is 0 Å². The van der Waals surface area contributed by atoms with Crippen LogP contribution < -0.4 is 0 Å². The maximum Gasteiger partial charge on any atom is 0.336 e. The number of carbonyl (C=O) groups is 2. The normalized spacial score (nSPS) is 10.4. The van der Waals surface area contributed by atoms with Crippen molar-refractivity contribution in [3.05, 3.63) is 24.3 Å². The molecule has 4 heteroatoms. The molecule has 0 atom stereocenters. The van der Waals surface area contributed by atoms with Crippen molar-refractivity contribution in [1.29, 1.82) is 0 Å². The van der Waals surface area contributed by atoms with E-state index < -0.39 is 18.2 Å². The standard InChI is InChI=1S/C15H24O4/c1-7-12(8-2)9-13(18-14(16)10(3)4)19-15(17)11(5)6/h12-13H,3,5,7-9H2,1-2,4,6H3. The van der Waals surface area contributed by atoms with Crippen LogP contribution in [-0.4, -0.2) is 18.2 Å². The zero-order valence-corrected chi connectivity index (χ0v) is 12.3. The number of ether oxygens (including phenoxy) is 2. The number of hydrogen-bond acceptors (Lipinski definition) is 4. The molecule has 0 aliphatic heterocycles. The average Bonchev–Trinajstić information content (AvgIpc) is 2.34. The molecule has 0 aromatic heterocycles. The minimum absolute atomic E-state index is 0.279. The third kappa shape index (κ3) is 6.79. The second-order valence-corrected chi connectivity index (χ2v) is 4.72. The molecule has 0 heterocycles. The van der Waals surface area contributed by atoms with Crippen LogP contribution in [0.3, 0.4) is 0 Å². The molecular formula is C15H24O4. The highest BCUT2D eigenvalue weighted by Gasteiger charge is 2.22. The summed E-state index contributed by atoms with van der Waals surface area (Å²) in [5.41, 5.74) is 0.557. The summed E-state index contributed by atoms with van der Waals surface area (Å²) in [6, 6.07) is 0. The smallest absolute Gasteiger partial charge is 0.336 e. The second kappa shape index (κ2) is 8.51. The number of carbonyl (C=O) groups excluding carboxylic acids is 2. The van der Waals surface area contributed by atoms with Crippen molar-refractivity contribution in [2.45, 2.75) is 53.2 Å². The highest BCUT2D eigenvalue weighted by atomic mass is 16.7. The molecule has 0 rings (SSSR count). The first kappa shape index (κ1) is 17.4. The van der Waals surface area contributed by atoms with Gasteiger partial charge in [-0.1, -0.05) is 39.8 Å². The van der Waals surface area contributed by atoms with E-state index in [0.29, 0.717) is 12.3 Å². The summed E-state index contributed by atoms with van der Waals surface area (Å²) in [7, 11) is 0. The van der Waals surface area contributed by atoms with Crippen molar-refractivity contribution in [2.24, 2.45) is 5.92 Å². The maximum absolute atomic E-state index is 11.5. The molecule has 0 unspecified atom stereocenters. The van der Waals surface area contributed by atoms with Gasteiger partial charge in [0.15, 0.2) is 0 Å². The van der Waals surface area contributed by atoms with Crippen molar-refractivity contribution < 1.29 is 19.1 Å². The highest BCUT2D eigenvalue weighted by molar-refractivity contribution is 5.88. The van der Waals surface area contributed by atoms with Gasteiger partial charge in [-0.2, -0.15) is 0 Å².